The largest absolute Gasteiger partial charge is 0.398 e. The molecular weight excluding hydrogens is 284 g/mol. The standard InChI is InChI=1S/C17H17ClN2O/c1-10-3-4-13(18)8-14(10)17(21)20-6-5-12-7-11(2)15(19)9-16(12)20/h3-4,7-9H,5-6,19H2,1-2H3. The first-order chi connectivity index (χ1) is 9.97. The summed E-state index contributed by atoms with van der Waals surface area (Å²) in [6.07, 6.45) is 0.863. The summed E-state index contributed by atoms with van der Waals surface area (Å²) in [4.78, 5) is 14.6. The van der Waals surface area contributed by atoms with Gasteiger partial charge in [0.2, 0.25) is 0 Å². The van der Waals surface area contributed by atoms with E-state index >= 15 is 0 Å². The zero-order valence-corrected chi connectivity index (χ0v) is 12.9. The monoisotopic (exact) mass is 300 g/mol. The van der Waals surface area contributed by atoms with Gasteiger partial charge in [0.1, 0.15) is 0 Å². The summed E-state index contributed by atoms with van der Waals surface area (Å²) in [6, 6.07) is 9.37. The highest BCUT2D eigenvalue weighted by molar-refractivity contribution is 6.31. The molecule has 0 saturated carbocycles. The third-order valence-electron chi connectivity index (χ3n) is 4.04. The van der Waals surface area contributed by atoms with Gasteiger partial charge < -0.3 is 10.6 Å². The van der Waals surface area contributed by atoms with Crippen LogP contribution in [0.4, 0.5) is 11.4 Å². The van der Waals surface area contributed by atoms with Crippen molar-refractivity contribution in [2.24, 2.45) is 0 Å². The predicted octanol–water partition coefficient (Wildman–Crippen LogP) is 3.74. The first kappa shape index (κ1) is 14.0. The fraction of sp³-hybridized carbons (Fsp3) is 0.235. The molecule has 1 aliphatic rings. The van der Waals surface area contributed by atoms with Crippen LogP contribution in [-0.2, 0) is 6.42 Å². The van der Waals surface area contributed by atoms with Crippen molar-refractivity contribution in [3.63, 3.8) is 0 Å². The van der Waals surface area contributed by atoms with Crippen molar-refractivity contribution in [3.8, 4) is 0 Å². The first-order valence-electron chi connectivity index (χ1n) is 6.94. The number of nitrogens with zero attached hydrogens (tertiary/aromatic N) is 1. The van der Waals surface area contributed by atoms with Crippen molar-refractivity contribution in [1.29, 1.82) is 0 Å². The third-order valence-corrected chi connectivity index (χ3v) is 4.27. The van der Waals surface area contributed by atoms with Gasteiger partial charge in [0.25, 0.3) is 5.91 Å². The molecule has 0 radical (unpaired) electrons. The maximum Gasteiger partial charge on any atom is 0.258 e. The summed E-state index contributed by atoms with van der Waals surface area (Å²) in [7, 11) is 0. The number of nitrogen functional groups attached to an aromatic ring is 1. The van der Waals surface area contributed by atoms with Crippen LogP contribution in [0.5, 0.6) is 0 Å². The quantitative estimate of drug-likeness (QED) is 0.816. The Morgan fingerprint density at radius 3 is 2.71 bits per heavy atom. The Labute approximate surface area is 129 Å². The van der Waals surface area contributed by atoms with E-state index in [0.29, 0.717) is 17.1 Å². The molecule has 0 saturated heterocycles. The maximum atomic E-state index is 12.8. The SMILES string of the molecule is Cc1cc2c(cc1N)N(C(=O)c1cc(Cl)ccc1C)CC2. The molecule has 0 aromatic heterocycles. The highest BCUT2D eigenvalue weighted by atomic mass is 35.5. The zero-order chi connectivity index (χ0) is 15.1. The summed E-state index contributed by atoms with van der Waals surface area (Å²) >= 11 is 6.02. The Balaban J connectivity index is 2.02. The van der Waals surface area contributed by atoms with Gasteiger partial charge in [-0.1, -0.05) is 23.7 Å². The molecule has 2 aromatic rings. The van der Waals surface area contributed by atoms with Crippen molar-refractivity contribution in [3.05, 3.63) is 57.6 Å². The van der Waals surface area contributed by atoms with E-state index in [1.54, 1.807) is 17.0 Å². The molecule has 4 heteroatoms. The van der Waals surface area contributed by atoms with Crippen molar-refractivity contribution < 1.29 is 4.79 Å². The second-order valence-corrected chi connectivity index (χ2v) is 5.94. The van der Waals surface area contributed by atoms with Gasteiger partial charge in [-0.2, -0.15) is 0 Å². The van der Waals surface area contributed by atoms with Gasteiger partial charge in [0.05, 0.1) is 0 Å². The van der Waals surface area contributed by atoms with Crippen LogP contribution in [0.15, 0.2) is 30.3 Å². The molecule has 0 fully saturated rings. The molecule has 3 nitrogen and oxygen atoms in total. The smallest absolute Gasteiger partial charge is 0.258 e. The fourth-order valence-corrected chi connectivity index (χ4v) is 2.93. The molecule has 0 aliphatic carbocycles. The Kier molecular flexibility index (Phi) is 3.38. The molecule has 108 valence electrons. The zero-order valence-electron chi connectivity index (χ0n) is 12.1. The van der Waals surface area contributed by atoms with Crippen LogP contribution in [0.3, 0.4) is 0 Å². The topological polar surface area (TPSA) is 46.3 Å². The number of hydrogen-bond donors (Lipinski definition) is 1. The van der Waals surface area contributed by atoms with E-state index in [4.69, 9.17) is 17.3 Å². The molecule has 2 N–H and O–H groups in total. The fourth-order valence-electron chi connectivity index (χ4n) is 2.76. The van der Waals surface area contributed by atoms with Gasteiger partial charge in [0.15, 0.2) is 0 Å². The molecule has 0 bridgehead atoms. The lowest BCUT2D eigenvalue weighted by Gasteiger charge is -2.19. The van der Waals surface area contributed by atoms with Crippen molar-refractivity contribution in [2.75, 3.05) is 17.2 Å². The van der Waals surface area contributed by atoms with Gasteiger partial charge in [-0.05, 0) is 55.2 Å². The lowest BCUT2D eigenvalue weighted by Crippen LogP contribution is -2.29. The van der Waals surface area contributed by atoms with E-state index < -0.39 is 0 Å². The number of benzene rings is 2. The second-order valence-electron chi connectivity index (χ2n) is 5.50. The lowest BCUT2D eigenvalue weighted by molar-refractivity contribution is 0.0989. The molecule has 21 heavy (non-hydrogen) atoms. The third kappa shape index (κ3) is 2.38. The summed E-state index contributed by atoms with van der Waals surface area (Å²) in [5, 5.41) is 0.576. The molecule has 2 aromatic carbocycles. The first-order valence-corrected chi connectivity index (χ1v) is 7.32. The number of rotatable bonds is 1. The summed E-state index contributed by atoms with van der Waals surface area (Å²) in [6.45, 7) is 4.59. The van der Waals surface area contributed by atoms with Gasteiger partial charge in [0, 0.05) is 28.5 Å². The van der Waals surface area contributed by atoms with Crippen LogP contribution in [0, 0.1) is 13.8 Å². The minimum Gasteiger partial charge on any atom is -0.398 e. The highest BCUT2D eigenvalue weighted by Gasteiger charge is 2.27. The van der Waals surface area contributed by atoms with Crippen LogP contribution >= 0.6 is 11.6 Å². The number of anilines is 2. The Bertz CT molecular complexity index is 740. The number of aryl methyl sites for hydroxylation is 2. The number of halogens is 1. The minimum atomic E-state index is -0.0167. The van der Waals surface area contributed by atoms with E-state index in [1.165, 1.54) is 5.56 Å². The van der Waals surface area contributed by atoms with E-state index in [9.17, 15) is 4.79 Å². The van der Waals surface area contributed by atoms with Crippen molar-refractivity contribution >= 4 is 28.9 Å². The number of nitrogens with two attached hydrogens (primary N) is 1. The molecule has 1 aliphatic heterocycles. The Hall–Kier alpha value is -2.00. The van der Waals surface area contributed by atoms with Gasteiger partial charge in [-0.3, -0.25) is 4.79 Å². The second kappa shape index (κ2) is 5.08. The molecule has 1 heterocycles. The van der Waals surface area contributed by atoms with Crippen LogP contribution in [-0.4, -0.2) is 12.5 Å². The Morgan fingerprint density at radius 2 is 1.95 bits per heavy atom. The molecule has 1 amide bonds. The minimum absolute atomic E-state index is 0.0167. The van der Waals surface area contributed by atoms with E-state index in [-0.39, 0.29) is 5.91 Å². The summed E-state index contributed by atoms with van der Waals surface area (Å²) in [5.74, 6) is -0.0167. The number of amides is 1. The average Bonchev–Trinajstić information content (AvgIpc) is 2.84. The Morgan fingerprint density at radius 1 is 1.19 bits per heavy atom. The predicted molar refractivity (Wildman–Crippen MR) is 87.2 cm³/mol. The molecule has 0 atom stereocenters. The number of fused-ring (bicyclic) bond motifs is 1. The number of hydrogen-bond acceptors (Lipinski definition) is 2. The lowest BCUT2D eigenvalue weighted by atomic mass is 10.1. The van der Waals surface area contributed by atoms with Crippen LogP contribution in [0.25, 0.3) is 0 Å². The van der Waals surface area contributed by atoms with Crippen molar-refractivity contribution in [1.82, 2.24) is 0 Å². The van der Waals surface area contributed by atoms with E-state index in [2.05, 4.69) is 6.07 Å². The normalized spacial score (nSPS) is 13.4. The van der Waals surface area contributed by atoms with Crippen LogP contribution in [0.2, 0.25) is 5.02 Å². The van der Waals surface area contributed by atoms with Crippen LogP contribution < -0.4 is 10.6 Å². The maximum absolute atomic E-state index is 12.8. The van der Waals surface area contributed by atoms with Gasteiger partial charge >= 0.3 is 0 Å². The number of carbonyl (C=O) groups excluding carboxylic acids is 1. The van der Waals surface area contributed by atoms with Gasteiger partial charge in [-0.15, -0.1) is 0 Å². The van der Waals surface area contributed by atoms with E-state index in [1.807, 2.05) is 26.0 Å². The molecule has 3 rings (SSSR count). The number of carbonyl (C=O) groups is 1. The summed E-state index contributed by atoms with van der Waals surface area (Å²) < 4.78 is 0. The molecule has 0 unspecified atom stereocenters. The van der Waals surface area contributed by atoms with Gasteiger partial charge in [-0.25, -0.2) is 0 Å². The van der Waals surface area contributed by atoms with Crippen molar-refractivity contribution in [2.45, 2.75) is 20.3 Å². The average molecular weight is 301 g/mol. The van der Waals surface area contributed by atoms with Crippen LogP contribution in [0.1, 0.15) is 27.0 Å². The molecular formula is C17H17ClN2O. The van der Waals surface area contributed by atoms with E-state index in [0.717, 1.165) is 28.9 Å². The highest BCUT2D eigenvalue weighted by Crippen LogP contribution is 2.33. The molecule has 0 spiro atoms. The summed E-state index contributed by atoms with van der Waals surface area (Å²) in [5.41, 5.74) is 11.4.